The number of hydrogen-bond donors (Lipinski definition) is 1. The van der Waals surface area contributed by atoms with Crippen LogP contribution in [0.25, 0.3) is 0 Å². The normalized spacial score (nSPS) is 16.9. The summed E-state index contributed by atoms with van der Waals surface area (Å²) in [4.78, 5) is 27.1. The highest BCUT2D eigenvalue weighted by Gasteiger charge is 2.32. The van der Waals surface area contributed by atoms with Crippen LogP contribution in [0.5, 0.6) is 0 Å². The number of nitrogens with one attached hydrogen (secondary N) is 1. The molecule has 158 valence electrons. The van der Waals surface area contributed by atoms with Gasteiger partial charge in [0.15, 0.2) is 0 Å². The van der Waals surface area contributed by atoms with Crippen LogP contribution in [0, 0.1) is 6.92 Å². The summed E-state index contributed by atoms with van der Waals surface area (Å²) < 4.78 is 0. The number of benzene rings is 3. The molecule has 0 saturated carbocycles. The molecular formula is C26H26N2O2S. The maximum atomic E-state index is 12.7. The van der Waals surface area contributed by atoms with Crippen molar-refractivity contribution in [3.63, 3.8) is 0 Å². The highest BCUT2D eigenvalue weighted by atomic mass is 32.2. The Labute approximate surface area is 187 Å². The second kappa shape index (κ2) is 9.40. The van der Waals surface area contributed by atoms with Gasteiger partial charge < -0.3 is 10.2 Å². The molecule has 1 aliphatic heterocycles. The molecule has 1 fully saturated rings. The quantitative estimate of drug-likeness (QED) is 0.580. The second-order valence-corrected chi connectivity index (χ2v) is 8.97. The van der Waals surface area contributed by atoms with Crippen molar-refractivity contribution in [2.45, 2.75) is 31.8 Å². The van der Waals surface area contributed by atoms with Crippen molar-refractivity contribution in [3.05, 3.63) is 107 Å². The summed E-state index contributed by atoms with van der Waals surface area (Å²) in [5.41, 5.74) is 5.04. The fourth-order valence-corrected chi connectivity index (χ4v) is 4.89. The number of rotatable bonds is 6. The Morgan fingerprint density at radius 2 is 1.71 bits per heavy atom. The van der Waals surface area contributed by atoms with Gasteiger partial charge in [0.1, 0.15) is 5.37 Å². The molecule has 1 N–H and O–H groups in total. The van der Waals surface area contributed by atoms with Crippen LogP contribution in [-0.4, -0.2) is 22.5 Å². The maximum absolute atomic E-state index is 12.7. The van der Waals surface area contributed by atoms with E-state index < -0.39 is 0 Å². The Kier molecular flexibility index (Phi) is 6.42. The highest BCUT2D eigenvalue weighted by molar-refractivity contribution is 8.00. The second-order valence-electron chi connectivity index (χ2n) is 7.90. The summed E-state index contributed by atoms with van der Waals surface area (Å²) in [6.45, 7) is 4.62. The molecule has 4 rings (SSSR count). The third kappa shape index (κ3) is 5.00. The molecule has 2 amide bonds. The summed E-state index contributed by atoms with van der Waals surface area (Å²) in [6, 6.07) is 25.7. The third-order valence-corrected chi connectivity index (χ3v) is 6.80. The van der Waals surface area contributed by atoms with E-state index in [1.54, 1.807) is 11.8 Å². The van der Waals surface area contributed by atoms with E-state index in [0.717, 1.165) is 16.7 Å². The van der Waals surface area contributed by atoms with Crippen LogP contribution in [0.3, 0.4) is 0 Å². The molecule has 0 aromatic heterocycles. The molecule has 1 heterocycles. The molecule has 1 saturated heterocycles. The molecule has 0 unspecified atom stereocenters. The van der Waals surface area contributed by atoms with E-state index in [4.69, 9.17) is 0 Å². The number of hydrogen-bond acceptors (Lipinski definition) is 3. The zero-order valence-electron chi connectivity index (χ0n) is 17.7. The van der Waals surface area contributed by atoms with Gasteiger partial charge in [0.25, 0.3) is 5.91 Å². The van der Waals surface area contributed by atoms with E-state index in [9.17, 15) is 9.59 Å². The van der Waals surface area contributed by atoms with Crippen molar-refractivity contribution < 1.29 is 9.59 Å². The van der Waals surface area contributed by atoms with Crippen molar-refractivity contribution in [3.8, 4) is 0 Å². The van der Waals surface area contributed by atoms with Crippen LogP contribution in [0.4, 0.5) is 0 Å². The minimum Gasteiger partial charge on any atom is -0.346 e. The lowest BCUT2D eigenvalue weighted by atomic mass is 10.1. The number of carbonyl (C=O) groups excluding carboxylic acids is 2. The summed E-state index contributed by atoms with van der Waals surface area (Å²) in [5.74, 6) is 0.525. The molecule has 31 heavy (non-hydrogen) atoms. The molecule has 0 radical (unpaired) electrons. The standard InChI is InChI=1S/C26H26N2O2S/c1-18-8-10-21(11-9-18)19(2)27-25(30)22-12-14-23(15-13-22)26-28(24(29)17-31-26)16-20-6-4-3-5-7-20/h3-15,19,26H,16-17H2,1-2H3,(H,27,30)/t19-,26-/m1/s1. The SMILES string of the molecule is Cc1ccc([C@@H](C)NC(=O)c2ccc([C@H]3SCC(=O)N3Cc3ccccc3)cc2)cc1. The molecule has 3 aromatic rings. The van der Waals surface area contributed by atoms with Gasteiger partial charge >= 0.3 is 0 Å². The number of nitrogens with zero attached hydrogens (tertiary/aromatic N) is 1. The van der Waals surface area contributed by atoms with Crippen LogP contribution in [0.1, 0.15) is 51.0 Å². The summed E-state index contributed by atoms with van der Waals surface area (Å²) in [7, 11) is 0. The molecule has 0 aliphatic carbocycles. The average Bonchev–Trinajstić information content (AvgIpc) is 3.15. The summed E-state index contributed by atoms with van der Waals surface area (Å²) in [5, 5.41) is 3.03. The van der Waals surface area contributed by atoms with Crippen molar-refractivity contribution in [1.82, 2.24) is 10.2 Å². The van der Waals surface area contributed by atoms with Gasteiger partial charge in [0.05, 0.1) is 11.8 Å². The van der Waals surface area contributed by atoms with Gasteiger partial charge in [0.2, 0.25) is 5.91 Å². The van der Waals surface area contributed by atoms with E-state index in [1.165, 1.54) is 5.56 Å². The molecule has 0 spiro atoms. The van der Waals surface area contributed by atoms with Gasteiger partial charge in [-0.3, -0.25) is 9.59 Å². The zero-order chi connectivity index (χ0) is 21.8. The molecule has 4 nitrogen and oxygen atoms in total. The molecule has 0 bridgehead atoms. The Bertz CT molecular complexity index is 1050. The predicted molar refractivity (Wildman–Crippen MR) is 126 cm³/mol. The van der Waals surface area contributed by atoms with Crippen molar-refractivity contribution >= 4 is 23.6 Å². The van der Waals surface area contributed by atoms with Crippen LogP contribution in [-0.2, 0) is 11.3 Å². The van der Waals surface area contributed by atoms with Gasteiger partial charge in [-0.15, -0.1) is 11.8 Å². The first-order valence-corrected chi connectivity index (χ1v) is 11.5. The van der Waals surface area contributed by atoms with Crippen LogP contribution >= 0.6 is 11.8 Å². The number of amides is 2. The third-order valence-electron chi connectivity index (χ3n) is 5.55. The number of aryl methyl sites for hydroxylation is 1. The Hall–Kier alpha value is -3.05. The first kappa shape index (κ1) is 21.2. The lowest BCUT2D eigenvalue weighted by molar-refractivity contribution is -0.128. The zero-order valence-corrected chi connectivity index (χ0v) is 18.6. The first-order valence-electron chi connectivity index (χ1n) is 10.4. The van der Waals surface area contributed by atoms with Crippen LogP contribution < -0.4 is 5.32 Å². The number of carbonyl (C=O) groups is 2. The lowest BCUT2D eigenvalue weighted by Crippen LogP contribution is -2.28. The molecule has 3 aromatic carbocycles. The van der Waals surface area contributed by atoms with Gasteiger partial charge in [-0.25, -0.2) is 0 Å². The average molecular weight is 431 g/mol. The van der Waals surface area contributed by atoms with E-state index in [1.807, 2.05) is 85.5 Å². The van der Waals surface area contributed by atoms with Gasteiger partial charge in [-0.05, 0) is 42.7 Å². The first-order chi connectivity index (χ1) is 15.0. The largest absolute Gasteiger partial charge is 0.346 e. The Morgan fingerprint density at radius 3 is 2.39 bits per heavy atom. The fourth-order valence-electron chi connectivity index (χ4n) is 3.70. The minimum absolute atomic E-state index is 0.0312. The molecule has 5 heteroatoms. The predicted octanol–water partition coefficient (Wildman–Crippen LogP) is 5.26. The lowest BCUT2D eigenvalue weighted by Gasteiger charge is -2.24. The maximum Gasteiger partial charge on any atom is 0.251 e. The van der Waals surface area contributed by atoms with Gasteiger partial charge in [-0.2, -0.15) is 0 Å². The monoisotopic (exact) mass is 430 g/mol. The van der Waals surface area contributed by atoms with E-state index in [2.05, 4.69) is 17.4 Å². The fraction of sp³-hybridized carbons (Fsp3) is 0.231. The molecule has 1 aliphatic rings. The van der Waals surface area contributed by atoms with Crippen molar-refractivity contribution in [2.75, 3.05) is 5.75 Å². The topological polar surface area (TPSA) is 49.4 Å². The summed E-state index contributed by atoms with van der Waals surface area (Å²) in [6.07, 6.45) is 0. The van der Waals surface area contributed by atoms with Crippen LogP contribution in [0.2, 0.25) is 0 Å². The van der Waals surface area contributed by atoms with E-state index in [0.29, 0.717) is 17.9 Å². The van der Waals surface area contributed by atoms with Crippen LogP contribution in [0.15, 0.2) is 78.9 Å². The molecule has 2 atom stereocenters. The van der Waals surface area contributed by atoms with Crippen molar-refractivity contribution in [2.24, 2.45) is 0 Å². The van der Waals surface area contributed by atoms with E-state index in [-0.39, 0.29) is 23.2 Å². The van der Waals surface area contributed by atoms with Crippen molar-refractivity contribution in [1.29, 1.82) is 0 Å². The number of thioether (sulfide) groups is 1. The highest BCUT2D eigenvalue weighted by Crippen LogP contribution is 2.39. The minimum atomic E-state index is -0.101. The summed E-state index contributed by atoms with van der Waals surface area (Å²) >= 11 is 1.63. The Morgan fingerprint density at radius 1 is 1.03 bits per heavy atom. The van der Waals surface area contributed by atoms with Gasteiger partial charge in [0, 0.05) is 12.1 Å². The molecular weight excluding hydrogens is 404 g/mol. The Balaban J connectivity index is 1.43. The van der Waals surface area contributed by atoms with Gasteiger partial charge in [-0.1, -0.05) is 72.3 Å². The smallest absolute Gasteiger partial charge is 0.251 e. The van der Waals surface area contributed by atoms with E-state index >= 15 is 0 Å².